The summed E-state index contributed by atoms with van der Waals surface area (Å²) in [6.07, 6.45) is 0.183. The van der Waals surface area contributed by atoms with Crippen molar-refractivity contribution in [2.45, 2.75) is 24.8 Å². The summed E-state index contributed by atoms with van der Waals surface area (Å²) in [6, 6.07) is 2.49. The normalized spacial score (nSPS) is 24.4. The average Bonchev–Trinajstić information content (AvgIpc) is 2.57. The van der Waals surface area contributed by atoms with Crippen LogP contribution in [0.1, 0.15) is 24.3 Å². The summed E-state index contributed by atoms with van der Waals surface area (Å²) in [5, 5.41) is 5.37. The topological polar surface area (TPSA) is 70.7 Å². The number of carbonyl (C=O) groups is 2. The van der Waals surface area contributed by atoms with Gasteiger partial charge in [0.1, 0.15) is 11.6 Å². The van der Waals surface area contributed by atoms with E-state index in [1.54, 1.807) is 7.11 Å². The van der Waals surface area contributed by atoms with Gasteiger partial charge in [-0.1, -0.05) is 0 Å². The maximum absolute atomic E-state index is 14.7. The Labute approximate surface area is 144 Å². The van der Waals surface area contributed by atoms with Gasteiger partial charge < -0.3 is 15.0 Å². The van der Waals surface area contributed by atoms with Crippen molar-refractivity contribution in [1.29, 1.82) is 0 Å². The van der Waals surface area contributed by atoms with Crippen LogP contribution in [0, 0.1) is 11.6 Å². The Morgan fingerprint density at radius 1 is 1.28 bits per heavy atom. The van der Waals surface area contributed by atoms with Crippen molar-refractivity contribution in [2.24, 2.45) is 0 Å². The third-order valence-corrected chi connectivity index (χ3v) is 4.69. The van der Waals surface area contributed by atoms with Crippen LogP contribution in [0.25, 0.3) is 0 Å². The maximum atomic E-state index is 14.7. The lowest BCUT2D eigenvalue weighted by Crippen LogP contribution is -2.53. The first-order valence-corrected chi connectivity index (χ1v) is 8.30. The number of nitrogens with zero attached hydrogens (tertiary/aromatic N) is 1. The standard InChI is InChI=1S/C17H21F2N3O3/c1-25-9-11-8-20-4-5-22(11)10-6-13(18)16(14(19)7-10)12-2-3-15(23)21-17(12)24/h6-7,11-12,20H,2-5,8-9H2,1H3,(H,21,23,24)/t11-,12-/m1/s1. The number of rotatable bonds is 4. The minimum absolute atomic E-state index is 0.0287. The van der Waals surface area contributed by atoms with E-state index in [1.807, 2.05) is 4.90 Å². The lowest BCUT2D eigenvalue weighted by Gasteiger charge is -2.38. The van der Waals surface area contributed by atoms with Crippen LogP contribution in [-0.2, 0) is 14.3 Å². The Hall–Kier alpha value is -2.06. The van der Waals surface area contributed by atoms with Gasteiger partial charge in [-0.2, -0.15) is 0 Å². The molecule has 0 bridgehead atoms. The highest BCUT2D eigenvalue weighted by atomic mass is 19.1. The highest BCUT2D eigenvalue weighted by Crippen LogP contribution is 2.32. The summed E-state index contributed by atoms with van der Waals surface area (Å²) in [5.41, 5.74) is 0.154. The number of nitrogens with one attached hydrogen (secondary N) is 2. The van der Waals surface area contributed by atoms with E-state index in [-0.39, 0.29) is 24.4 Å². The molecule has 0 radical (unpaired) electrons. The molecule has 0 unspecified atom stereocenters. The molecule has 136 valence electrons. The fraction of sp³-hybridized carbons (Fsp3) is 0.529. The number of piperidine rings is 1. The van der Waals surface area contributed by atoms with Gasteiger partial charge in [0.15, 0.2) is 0 Å². The highest BCUT2D eigenvalue weighted by molar-refractivity contribution is 6.01. The Kier molecular flexibility index (Phi) is 5.29. The molecule has 2 N–H and O–H groups in total. The summed E-state index contributed by atoms with van der Waals surface area (Å²) in [7, 11) is 1.58. The molecule has 0 aromatic heterocycles. The summed E-state index contributed by atoms with van der Waals surface area (Å²) in [4.78, 5) is 25.1. The number of benzene rings is 1. The Morgan fingerprint density at radius 2 is 2.00 bits per heavy atom. The smallest absolute Gasteiger partial charge is 0.234 e. The van der Waals surface area contributed by atoms with E-state index in [0.29, 0.717) is 31.9 Å². The molecular formula is C17H21F2N3O3. The minimum atomic E-state index is -0.982. The molecule has 1 aromatic carbocycles. The third kappa shape index (κ3) is 3.64. The van der Waals surface area contributed by atoms with E-state index in [1.165, 1.54) is 12.1 Å². The Bertz CT molecular complexity index is 658. The Morgan fingerprint density at radius 3 is 2.64 bits per heavy atom. The van der Waals surface area contributed by atoms with Crippen molar-refractivity contribution in [3.63, 3.8) is 0 Å². The SMILES string of the molecule is COC[C@H]1CNCCN1c1cc(F)c([C@H]2CCC(=O)NC2=O)c(F)c1. The molecule has 6 nitrogen and oxygen atoms in total. The molecule has 8 heteroatoms. The van der Waals surface area contributed by atoms with Crippen molar-refractivity contribution in [3.05, 3.63) is 29.3 Å². The maximum Gasteiger partial charge on any atom is 0.234 e. The monoisotopic (exact) mass is 353 g/mol. The zero-order valence-electron chi connectivity index (χ0n) is 14.0. The van der Waals surface area contributed by atoms with Crippen molar-refractivity contribution in [3.8, 4) is 0 Å². The van der Waals surface area contributed by atoms with Crippen LogP contribution in [0.3, 0.4) is 0 Å². The van der Waals surface area contributed by atoms with Crippen molar-refractivity contribution in [2.75, 3.05) is 38.3 Å². The van der Waals surface area contributed by atoms with Crippen LogP contribution < -0.4 is 15.5 Å². The molecule has 0 aliphatic carbocycles. The summed E-state index contributed by atoms with van der Waals surface area (Å²) >= 11 is 0. The van der Waals surface area contributed by atoms with Crippen LogP contribution in [0.2, 0.25) is 0 Å². The summed E-state index contributed by atoms with van der Waals surface area (Å²) in [6.45, 7) is 2.40. The van der Waals surface area contributed by atoms with Crippen LogP contribution in [0.15, 0.2) is 12.1 Å². The zero-order valence-corrected chi connectivity index (χ0v) is 14.0. The van der Waals surface area contributed by atoms with Gasteiger partial charge in [-0.05, 0) is 18.6 Å². The lowest BCUT2D eigenvalue weighted by atomic mass is 9.89. The van der Waals surface area contributed by atoms with Crippen molar-refractivity contribution < 1.29 is 23.1 Å². The van der Waals surface area contributed by atoms with Gasteiger partial charge >= 0.3 is 0 Å². The van der Waals surface area contributed by atoms with Crippen LogP contribution in [0.4, 0.5) is 14.5 Å². The fourth-order valence-corrected chi connectivity index (χ4v) is 3.48. The van der Waals surface area contributed by atoms with Crippen LogP contribution >= 0.6 is 0 Å². The number of methoxy groups -OCH3 is 1. The van der Waals surface area contributed by atoms with Gasteiger partial charge in [-0.3, -0.25) is 14.9 Å². The number of carbonyl (C=O) groups excluding carboxylic acids is 2. The largest absolute Gasteiger partial charge is 0.383 e. The fourth-order valence-electron chi connectivity index (χ4n) is 3.48. The number of halogens is 2. The molecule has 2 atom stereocenters. The van der Waals surface area contributed by atoms with E-state index in [4.69, 9.17) is 4.74 Å². The van der Waals surface area contributed by atoms with Crippen LogP contribution in [-0.4, -0.2) is 51.2 Å². The molecule has 0 saturated carbocycles. The summed E-state index contributed by atoms with van der Waals surface area (Å²) in [5.74, 6) is -3.58. The summed E-state index contributed by atoms with van der Waals surface area (Å²) < 4.78 is 34.5. The first-order valence-electron chi connectivity index (χ1n) is 8.30. The predicted octanol–water partition coefficient (Wildman–Crippen LogP) is 0.910. The van der Waals surface area contributed by atoms with Gasteiger partial charge in [-0.25, -0.2) is 8.78 Å². The zero-order chi connectivity index (χ0) is 18.0. The second kappa shape index (κ2) is 7.45. The van der Waals surface area contributed by atoms with E-state index in [0.717, 1.165) is 0 Å². The molecule has 2 fully saturated rings. The van der Waals surface area contributed by atoms with Crippen LogP contribution in [0.5, 0.6) is 0 Å². The first-order chi connectivity index (χ1) is 12.0. The predicted molar refractivity (Wildman–Crippen MR) is 87.4 cm³/mol. The molecule has 2 aliphatic rings. The molecule has 2 aliphatic heterocycles. The van der Waals surface area contributed by atoms with Gasteiger partial charge in [0, 0.05) is 44.4 Å². The van der Waals surface area contributed by atoms with Crippen molar-refractivity contribution >= 4 is 17.5 Å². The number of hydrogen-bond donors (Lipinski definition) is 2. The number of ether oxygens (including phenoxy) is 1. The molecule has 2 amide bonds. The van der Waals surface area contributed by atoms with Gasteiger partial charge in [-0.15, -0.1) is 0 Å². The molecule has 2 heterocycles. The van der Waals surface area contributed by atoms with Crippen molar-refractivity contribution in [1.82, 2.24) is 10.6 Å². The molecule has 2 saturated heterocycles. The number of amides is 2. The second-order valence-corrected chi connectivity index (χ2v) is 6.33. The molecule has 25 heavy (non-hydrogen) atoms. The second-order valence-electron chi connectivity index (χ2n) is 6.33. The number of piperazine rings is 1. The van der Waals surface area contributed by atoms with E-state index in [9.17, 15) is 18.4 Å². The molecule has 3 rings (SSSR count). The van der Waals surface area contributed by atoms with E-state index in [2.05, 4.69) is 10.6 Å². The Balaban J connectivity index is 1.89. The minimum Gasteiger partial charge on any atom is -0.383 e. The molecule has 0 spiro atoms. The van der Waals surface area contributed by atoms with Gasteiger partial charge in [0.05, 0.1) is 18.6 Å². The quantitative estimate of drug-likeness (QED) is 0.788. The van der Waals surface area contributed by atoms with E-state index < -0.39 is 29.4 Å². The highest BCUT2D eigenvalue weighted by Gasteiger charge is 2.33. The molecule has 1 aromatic rings. The lowest BCUT2D eigenvalue weighted by molar-refractivity contribution is -0.134. The third-order valence-electron chi connectivity index (χ3n) is 4.69. The number of hydrogen-bond acceptors (Lipinski definition) is 5. The molecular weight excluding hydrogens is 332 g/mol. The first kappa shape index (κ1) is 17.8. The number of imide groups is 1. The average molecular weight is 353 g/mol. The van der Waals surface area contributed by atoms with Gasteiger partial charge in [0.2, 0.25) is 11.8 Å². The van der Waals surface area contributed by atoms with Gasteiger partial charge in [0.25, 0.3) is 0 Å². The number of anilines is 1. The van der Waals surface area contributed by atoms with E-state index >= 15 is 0 Å².